The Morgan fingerprint density at radius 3 is 2.67 bits per heavy atom. The number of aromatic nitrogens is 2. The van der Waals surface area contributed by atoms with Gasteiger partial charge in [-0.3, -0.25) is 9.48 Å². The largest absolute Gasteiger partial charge is 0.480 e. The molecule has 0 unspecified atom stereocenters. The van der Waals surface area contributed by atoms with Gasteiger partial charge in [-0.25, -0.2) is 4.79 Å². The summed E-state index contributed by atoms with van der Waals surface area (Å²) in [5.41, 5.74) is 0.129. The molecule has 0 fully saturated rings. The van der Waals surface area contributed by atoms with E-state index in [1.54, 1.807) is 6.92 Å². The number of hydrogen-bond acceptors (Lipinski definition) is 3. The van der Waals surface area contributed by atoms with Gasteiger partial charge in [0.05, 0.1) is 11.9 Å². The fourth-order valence-electron chi connectivity index (χ4n) is 1.59. The minimum Gasteiger partial charge on any atom is -0.480 e. The highest BCUT2D eigenvalue weighted by Crippen LogP contribution is 2.17. The number of anilines is 1. The first-order valence-electron chi connectivity index (χ1n) is 6.08. The summed E-state index contributed by atoms with van der Waals surface area (Å²) in [6, 6.07) is -0.913. The number of carboxylic acids is 1. The Kier molecular flexibility index (Phi) is 5.56. The number of nitrogens with zero attached hydrogens (tertiary/aromatic N) is 3. The SMILES string of the molecule is CCCN(CC(F)(F)F)C(=O)Nc1cnn(CC(=O)O)c1. The molecule has 2 N–H and O–H groups in total. The van der Waals surface area contributed by atoms with E-state index in [2.05, 4.69) is 10.4 Å². The number of carbonyl (C=O) groups excluding carboxylic acids is 1. The summed E-state index contributed by atoms with van der Waals surface area (Å²) >= 11 is 0. The molecule has 0 aliphatic rings. The Bertz CT molecular complexity index is 501. The van der Waals surface area contributed by atoms with Crippen LogP contribution < -0.4 is 5.32 Å². The number of aliphatic carboxylic acids is 1. The third-order valence-electron chi connectivity index (χ3n) is 2.33. The summed E-state index contributed by atoms with van der Waals surface area (Å²) in [5, 5.41) is 14.5. The van der Waals surface area contributed by atoms with Gasteiger partial charge in [0, 0.05) is 12.7 Å². The Hall–Kier alpha value is -2.26. The fourth-order valence-corrected chi connectivity index (χ4v) is 1.59. The Morgan fingerprint density at radius 1 is 1.48 bits per heavy atom. The maximum Gasteiger partial charge on any atom is 0.406 e. The number of urea groups is 1. The molecule has 1 aromatic rings. The van der Waals surface area contributed by atoms with Gasteiger partial charge in [-0.2, -0.15) is 18.3 Å². The number of carboxylic acid groups (broad SMARTS) is 1. The first-order valence-corrected chi connectivity index (χ1v) is 6.08. The molecule has 7 nitrogen and oxygen atoms in total. The number of halogens is 3. The van der Waals surface area contributed by atoms with Crippen molar-refractivity contribution in [1.29, 1.82) is 0 Å². The van der Waals surface area contributed by atoms with E-state index in [1.807, 2.05) is 0 Å². The van der Waals surface area contributed by atoms with Crippen LogP contribution in [-0.4, -0.2) is 51.1 Å². The Labute approximate surface area is 118 Å². The molecule has 1 rings (SSSR count). The van der Waals surface area contributed by atoms with E-state index in [0.29, 0.717) is 11.3 Å². The van der Waals surface area contributed by atoms with Crippen molar-refractivity contribution in [2.24, 2.45) is 0 Å². The quantitative estimate of drug-likeness (QED) is 0.838. The van der Waals surface area contributed by atoms with Crippen LogP contribution in [0, 0.1) is 0 Å². The summed E-state index contributed by atoms with van der Waals surface area (Å²) in [4.78, 5) is 22.9. The Balaban J connectivity index is 2.68. The van der Waals surface area contributed by atoms with Crippen molar-refractivity contribution >= 4 is 17.7 Å². The topological polar surface area (TPSA) is 87.5 Å². The number of amides is 2. The normalized spacial score (nSPS) is 11.2. The van der Waals surface area contributed by atoms with E-state index in [4.69, 9.17) is 5.11 Å². The molecule has 21 heavy (non-hydrogen) atoms. The van der Waals surface area contributed by atoms with Crippen LogP contribution in [0.4, 0.5) is 23.7 Å². The molecule has 0 saturated heterocycles. The van der Waals surface area contributed by atoms with Gasteiger partial charge in [-0.1, -0.05) is 6.92 Å². The minimum absolute atomic E-state index is 0.0470. The molecule has 2 amide bonds. The number of rotatable bonds is 6. The van der Waals surface area contributed by atoms with Crippen molar-refractivity contribution in [2.45, 2.75) is 26.1 Å². The van der Waals surface area contributed by atoms with Crippen molar-refractivity contribution in [2.75, 3.05) is 18.4 Å². The number of hydrogen-bond donors (Lipinski definition) is 2. The van der Waals surface area contributed by atoms with Crippen LogP contribution >= 0.6 is 0 Å². The third-order valence-corrected chi connectivity index (χ3v) is 2.33. The van der Waals surface area contributed by atoms with Gasteiger partial charge < -0.3 is 15.3 Å². The van der Waals surface area contributed by atoms with Gasteiger partial charge in [0.25, 0.3) is 0 Å². The maximum atomic E-state index is 12.4. The summed E-state index contributed by atoms with van der Waals surface area (Å²) in [5.74, 6) is -1.12. The monoisotopic (exact) mass is 308 g/mol. The molecular weight excluding hydrogens is 293 g/mol. The van der Waals surface area contributed by atoms with Crippen LogP contribution in [0.15, 0.2) is 12.4 Å². The minimum atomic E-state index is -4.49. The molecular formula is C11H15F3N4O3. The van der Waals surface area contributed by atoms with E-state index in [9.17, 15) is 22.8 Å². The predicted molar refractivity (Wildman–Crippen MR) is 66.8 cm³/mol. The lowest BCUT2D eigenvalue weighted by Gasteiger charge is -2.23. The number of nitrogens with one attached hydrogen (secondary N) is 1. The van der Waals surface area contributed by atoms with Crippen LogP contribution in [-0.2, 0) is 11.3 Å². The van der Waals surface area contributed by atoms with E-state index >= 15 is 0 Å². The molecule has 1 aromatic heterocycles. The van der Waals surface area contributed by atoms with Crippen molar-refractivity contribution in [1.82, 2.24) is 14.7 Å². The Morgan fingerprint density at radius 2 is 2.14 bits per heavy atom. The zero-order valence-electron chi connectivity index (χ0n) is 11.2. The molecule has 1 heterocycles. The highest BCUT2D eigenvalue weighted by atomic mass is 19.4. The first-order chi connectivity index (χ1) is 9.71. The van der Waals surface area contributed by atoms with E-state index in [0.717, 1.165) is 4.68 Å². The van der Waals surface area contributed by atoms with Crippen LogP contribution in [0.5, 0.6) is 0 Å². The molecule has 0 saturated carbocycles. The molecule has 0 spiro atoms. The van der Waals surface area contributed by atoms with Crippen molar-refractivity contribution in [3.05, 3.63) is 12.4 Å². The second-order valence-corrected chi connectivity index (χ2v) is 4.29. The standard InChI is InChI=1S/C11H15F3N4O3/c1-2-3-17(7-11(12,13)14)10(21)16-8-4-15-18(5-8)6-9(19)20/h4-5H,2-3,6-7H2,1H3,(H,16,21)(H,19,20). The van der Waals surface area contributed by atoms with E-state index in [1.165, 1.54) is 12.4 Å². The van der Waals surface area contributed by atoms with Gasteiger partial charge >= 0.3 is 18.2 Å². The van der Waals surface area contributed by atoms with Gasteiger partial charge in [-0.05, 0) is 6.42 Å². The predicted octanol–water partition coefficient (Wildman–Crippen LogP) is 1.77. The van der Waals surface area contributed by atoms with Crippen LogP contribution in [0.1, 0.15) is 13.3 Å². The van der Waals surface area contributed by atoms with E-state index in [-0.39, 0.29) is 12.2 Å². The zero-order chi connectivity index (χ0) is 16.0. The molecule has 0 bridgehead atoms. The summed E-state index contributed by atoms with van der Waals surface area (Å²) in [6.45, 7) is -0.150. The van der Waals surface area contributed by atoms with Gasteiger partial charge in [-0.15, -0.1) is 0 Å². The van der Waals surface area contributed by atoms with E-state index < -0.39 is 31.3 Å². The lowest BCUT2D eigenvalue weighted by Crippen LogP contribution is -2.41. The first kappa shape index (κ1) is 16.8. The van der Waals surface area contributed by atoms with Crippen LogP contribution in [0.3, 0.4) is 0 Å². The second-order valence-electron chi connectivity index (χ2n) is 4.29. The second kappa shape index (κ2) is 6.95. The van der Waals surface area contributed by atoms with Gasteiger partial charge in [0.1, 0.15) is 13.1 Å². The van der Waals surface area contributed by atoms with Crippen molar-refractivity contribution in [3.63, 3.8) is 0 Å². The third kappa shape index (κ3) is 6.15. The molecule has 0 radical (unpaired) electrons. The van der Waals surface area contributed by atoms with Crippen molar-refractivity contribution < 1.29 is 27.9 Å². The highest BCUT2D eigenvalue weighted by Gasteiger charge is 2.32. The average Bonchev–Trinajstić information content (AvgIpc) is 2.73. The maximum absolute atomic E-state index is 12.4. The molecule has 10 heteroatoms. The molecule has 0 aliphatic carbocycles. The summed E-state index contributed by atoms with van der Waals surface area (Å²) in [7, 11) is 0. The van der Waals surface area contributed by atoms with Gasteiger partial charge in [0.2, 0.25) is 0 Å². The molecule has 118 valence electrons. The molecule has 0 aromatic carbocycles. The summed E-state index contributed by atoms with van der Waals surface area (Å²) in [6.07, 6.45) is -1.72. The van der Waals surface area contributed by atoms with Crippen molar-refractivity contribution in [3.8, 4) is 0 Å². The van der Waals surface area contributed by atoms with Crippen LogP contribution in [0.25, 0.3) is 0 Å². The lowest BCUT2D eigenvalue weighted by molar-refractivity contribution is -0.139. The fraction of sp³-hybridized carbons (Fsp3) is 0.545. The van der Waals surface area contributed by atoms with Crippen LogP contribution in [0.2, 0.25) is 0 Å². The number of alkyl halides is 3. The smallest absolute Gasteiger partial charge is 0.406 e. The zero-order valence-corrected chi connectivity index (χ0v) is 11.2. The number of carbonyl (C=O) groups is 2. The lowest BCUT2D eigenvalue weighted by atomic mass is 10.4. The highest BCUT2D eigenvalue weighted by molar-refractivity contribution is 5.89. The van der Waals surface area contributed by atoms with Gasteiger partial charge in [0.15, 0.2) is 0 Å². The molecule has 0 atom stereocenters. The summed E-state index contributed by atoms with van der Waals surface area (Å²) < 4.78 is 38.2. The molecule has 0 aliphatic heterocycles. The average molecular weight is 308 g/mol.